The van der Waals surface area contributed by atoms with Crippen molar-refractivity contribution in [1.29, 1.82) is 5.41 Å². The zero-order chi connectivity index (χ0) is 17.1. The van der Waals surface area contributed by atoms with Crippen LogP contribution in [0.1, 0.15) is 44.6 Å². The number of aryl methyl sites for hydroxylation is 1. The van der Waals surface area contributed by atoms with Gasteiger partial charge in [-0.15, -0.1) is 0 Å². The normalized spacial score (nSPS) is 9.86. The molecule has 22 heavy (non-hydrogen) atoms. The molecule has 0 spiro atoms. The number of esters is 1. The van der Waals surface area contributed by atoms with Gasteiger partial charge in [-0.3, -0.25) is 4.79 Å². The van der Waals surface area contributed by atoms with E-state index < -0.39 is 11.6 Å². The van der Waals surface area contributed by atoms with Gasteiger partial charge < -0.3 is 19.9 Å². The number of rotatable bonds is 6. The maximum atomic E-state index is 11.7. The molecule has 0 saturated heterocycles. The molecular formula is C16H24N2O4. The second-order valence-electron chi connectivity index (χ2n) is 3.95. The van der Waals surface area contributed by atoms with E-state index in [0.717, 1.165) is 6.21 Å². The highest BCUT2D eigenvalue weighted by Gasteiger charge is 2.15. The summed E-state index contributed by atoms with van der Waals surface area (Å²) in [5.74, 6) is -0.00851. The van der Waals surface area contributed by atoms with Crippen molar-refractivity contribution in [3.05, 3.63) is 33.4 Å². The van der Waals surface area contributed by atoms with Gasteiger partial charge in [0.05, 0.1) is 12.3 Å². The van der Waals surface area contributed by atoms with Crippen LogP contribution in [0.2, 0.25) is 0 Å². The zero-order valence-corrected chi connectivity index (χ0v) is 13.8. The second-order valence-corrected chi connectivity index (χ2v) is 3.95. The highest BCUT2D eigenvalue weighted by molar-refractivity contribution is 5.90. The highest BCUT2D eigenvalue weighted by atomic mass is 16.5. The first kappa shape index (κ1) is 19.6. The standard InChI is InChI=1S/C14H18N2O4.C2H6/c1-4-6-10-9(3)20-14(18)11(7-15)13(10)16-8-12(17)19-5-2;1-2/h4,6-7,15-16H,5,8H2,1-3H3;1-2H3/b6-4-,15-7?;. The molecule has 1 rings (SSSR count). The van der Waals surface area contributed by atoms with Gasteiger partial charge in [0.25, 0.3) is 0 Å². The fourth-order valence-corrected chi connectivity index (χ4v) is 1.73. The van der Waals surface area contributed by atoms with Gasteiger partial charge >= 0.3 is 11.6 Å². The minimum atomic E-state index is -0.614. The molecule has 0 radical (unpaired) electrons. The molecule has 0 aliphatic rings. The summed E-state index contributed by atoms with van der Waals surface area (Å²) >= 11 is 0. The van der Waals surface area contributed by atoms with Gasteiger partial charge in [-0.1, -0.05) is 26.0 Å². The van der Waals surface area contributed by atoms with Crippen LogP contribution in [-0.2, 0) is 9.53 Å². The minimum absolute atomic E-state index is 0.0769. The molecule has 0 fully saturated rings. The third-order valence-electron chi connectivity index (χ3n) is 2.58. The Morgan fingerprint density at radius 3 is 2.50 bits per heavy atom. The summed E-state index contributed by atoms with van der Waals surface area (Å²) in [4.78, 5) is 23.1. The molecule has 1 aromatic heterocycles. The molecule has 1 aromatic rings. The summed E-state index contributed by atoms with van der Waals surface area (Å²) < 4.78 is 9.88. The fourth-order valence-electron chi connectivity index (χ4n) is 1.73. The Kier molecular flexibility index (Phi) is 9.25. The minimum Gasteiger partial charge on any atom is -0.465 e. The van der Waals surface area contributed by atoms with E-state index in [1.54, 1.807) is 26.0 Å². The van der Waals surface area contributed by atoms with Crippen LogP contribution in [0.3, 0.4) is 0 Å². The van der Waals surface area contributed by atoms with E-state index in [4.69, 9.17) is 14.6 Å². The van der Waals surface area contributed by atoms with Crippen molar-refractivity contribution in [2.75, 3.05) is 18.5 Å². The number of hydrogen-bond acceptors (Lipinski definition) is 6. The van der Waals surface area contributed by atoms with E-state index >= 15 is 0 Å². The average molecular weight is 308 g/mol. The molecular weight excluding hydrogens is 284 g/mol. The van der Waals surface area contributed by atoms with Crippen LogP contribution in [0.25, 0.3) is 6.08 Å². The summed E-state index contributed by atoms with van der Waals surface area (Å²) in [5, 5.41) is 10.2. The average Bonchev–Trinajstić information content (AvgIpc) is 2.50. The van der Waals surface area contributed by atoms with Crippen LogP contribution >= 0.6 is 0 Å². The number of nitrogens with one attached hydrogen (secondary N) is 2. The summed E-state index contributed by atoms with van der Waals surface area (Å²) in [6.07, 6.45) is 4.44. The van der Waals surface area contributed by atoms with Gasteiger partial charge in [0.15, 0.2) is 0 Å². The van der Waals surface area contributed by atoms with E-state index in [1.807, 2.05) is 20.8 Å². The predicted octanol–water partition coefficient (Wildman–Crippen LogP) is 2.98. The molecule has 0 atom stereocenters. The summed E-state index contributed by atoms with van der Waals surface area (Å²) in [5.41, 5.74) is 0.500. The Hall–Kier alpha value is -2.37. The monoisotopic (exact) mass is 308 g/mol. The molecule has 0 amide bonds. The van der Waals surface area contributed by atoms with Gasteiger partial charge in [0, 0.05) is 11.8 Å². The number of allylic oxidation sites excluding steroid dienone is 1. The molecule has 1 heterocycles. The Labute approximate surface area is 130 Å². The number of anilines is 1. The van der Waals surface area contributed by atoms with E-state index in [0.29, 0.717) is 17.0 Å². The van der Waals surface area contributed by atoms with Crippen molar-refractivity contribution in [1.82, 2.24) is 0 Å². The molecule has 6 nitrogen and oxygen atoms in total. The SMILES string of the molecule is C/C=C\c1c(C)oc(=O)c(C=N)c1NCC(=O)OCC.CC. The molecule has 0 aromatic carbocycles. The lowest BCUT2D eigenvalue weighted by Crippen LogP contribution is -2.21. The largest absolute Gasteiger partial charge is 0.465 e. The molecule has 0 unspecified atom stereocenters. The van der Waals surface area contributed by atoms with Crippen molar-refractivity contribution in [2.45, 2.75) is 34.6 Å². The lowest BCUT2D eigenvalue weighted by atomic mass is 10.1. The Bertz CT molecular complexity index is 589. The van der Waals surface area contributed by atoms with Crippen molar-refractivity contribution in [2.24, 2.45) is 0 Å². The summed E-state index contributed by atoms with van der Waals surface area (Å²) in [6, 6.07) is 0. The van der Waals surface area contributed by atoms with Crippen LogP contribution in [0.5, 0.6) is 0 Å². The first-order valence-corrected chi connectivity index (χ1v) is 7.25. The summed E-state index contributed by atoms with van der Waals surface area (Å²) in [7, 11) is 0. The molecule has 6 heteroatoms. The van der Waals surface area contributed by atoms with Gasteiger partial charge in [-0.05, 0) is 20.8 Å². The lowest BCUT2D eigenvalue weighted by molar-refractivity contribution is -0.140. The van der Waals surface area contributed by atoms with Crippen molar-refractivity contribution in [3.8, 4) is 0 Å². The van der Waals surface area contributed by atoms with E-state index in [9.17, 15) is 9.59 Å². The van der Waals surface area contributed by atoms with Gasteiger partial charge in [-0.25, -0.2) is 4.79 Å². The molecule has 0 bridgehead atoms. The molecule has 0 aliphatic heterocycles. The topological polar surface area (TPSA) is 92.4 Å². The molecule has 0 aliphatic carbocycles. The van der Waals surface area contributed by atoms with Gasteiger partial charge in [-0.2, -0.15) is 0 Å². The quantitative estimate of drug-likeness (QED) is 0.622. The second kappa shape index (κ2) is 10.4. The van der Waals surface area contributed by atoms with Gasteiger partial charge in [0.2, 0.25) is 0 Å². The van der Waals surface area contributed by atoms with E-state index in [1.165, 1.54) is 0 Å². The number of hydrogen-bond donors (Lipinski definition) is 2. The van der Waals surface area contributed by atoms with Crippen LogP contribution in [-0.4, -0.2) is 25.3 Å². The fraction of sp³-hybridized carbons (Fsp3) is 0.438. The zero-order valence-electron chi connectivity index (χ0n) is 13.8. The van der Waals surface area contributed by atoms with Crippen LogP contribution in [0, 0.1) is 12.3 Å². The van der Waals surface area contributed by atoms with E-state index in [-0.39, 0.29) is 18.7 Å². The molecule has 0 saturated carbocycles. The third-order valence-corrected chi connectivity index (χ3v) is 2.58. The Morgan fingerprint density at radius 2 is 2.00 bits per heavy atom. The lowest BCUT2D eigenvalue weighted by Gasteiger charge is -2.13. The smallest absolute Gasteiger partial charge is 0.346 e. The van der Waals surface area contributed by atoms with Gasteiger partial charge in [0.1, 0.15) is 17.9 Å². The van der Waals surface area contributed by atoms with Crippen molar-refractivity contribution in [3.63, 3.8) is 0 Å². The maximum Gasteiger partial charge on any atom is 0.346 e. The number of carbonyl (C=O) groups is 1. The van der Waals surface area contributed by atoms with Crippen LogP contribution < -0.4 is 10.9 Å². The third kappa shape index (κ3) is 5.20. The molecule has 122 valence electrons. The van der Waals surface area contributed by atoms with Crippen LogP contribution in [0.4, 0.5) is 5.69 Å². The number of ether oxygens (including phenoxy) is 1. The van der Waals surface area contributed by atoms with Crippen LogP contribution in [0.15, 0.2) is 15.3 Å². The highest BCUT2D eigenvalue weighted by Crippen LogP contribution is 2.22. The predicted molar refractivity (Wildman–Crippen MR) is 88.8 cm³/mol. The Morgan fingerprint density at radius 1 is 1.36 bits per heavy atom. The van der Waals surface area contributed by atoms with Crippen molar-refractivity contribution >= 4 is 23.9 Å². The maximum absolute atomic E-state index is 11.7. The number of carbonyl (C=O) groups excluding carboxylic acids is 1. The summed E-state index contributed by atoms with van der Waals surface area (Å²) in [6.45, 7) is 9.40. The Balaban J connectivity index is 0.00000211. The first-order valence-electron chi connectivity index (χ1n) is 7.25. The first-order chi connectivity index (χ1) is 10.5. The van der Waals surface area contributed by atoms with Crippen molar-refractivity contribution < 1.29 is 13.9 Å². The van der Waals surface area contributed by atoms with E-state index in [2.05, 4.69) is 5.32 Å². The molecule has 2 N–H and O–H groups in total.